The zero-order valence-electron chi connectivity index (χ0n) is 16.2. The van der Waals surface area contributed by atoms with Crippen LogP contribution in [0.1, 0.15) is 18.4 Å². The molecule has 11 nitrogen and oxygen atoms in total. The topological polar surface area (TPSA) is 165 Å². The minimum atomic E-state index is -0.651. The lowest BCUT2D eigenvalue weighted by Crippen LogP contribution is -2.38. The molecular weight excluding hydrogens is 416 g/mol. The smallest absolute Gasteiger partial charge is 0.410 e. The van der Waals surface area contributed by atoms with Crippen molar-refractivity contribution in [3.05, 3.63) is 39.9 Å². The first-order valence-corrected chi connectivity index (χ1v) is 10.4. The largest absolute Gasteiger partial charge is 0.445 e. The number of non-ortho nitro benzene ring substituents is 1. The van der Waals surface area contributed by atoms with E-state index in [1.165, 1.54) is 40.9 Å². The molecular formula is C18H24N4O7S. The highest BCUT2D eigenvalue weighted by atomic mass is 32.2. The number of amides is 3. The lowest BCUT2D eigenvalue weighted by atomic mass is 10.2. The number of hydrogen-bond acceptors (Lipinski definition) is 8. The minimum Gasteiger partial charge on any atom is -0.445 e. The molecule has 0 unspecified atom stereocenters. The number of carbonyl (C=O) groups excluding carboxylic acids is 3. The van der Waals surface area contributed by atoms with Crippen LogP contribution in [0.3, 0.4) is 0 Å². The van der Waals surface area contributed by atoms with Crippen LogP contribution in [-0.4, -0.2) is 69.6 Å². The molecule has 1 aromatic carbocycles. The lowest BCUT2D eigenvalue weighted by molar-refractivity contribution is -0.384. The third-order valence-corrected chi connectivity index (χ3v) is 5.49. The molecule has 30 heavy (non-hydrogen) atoms. The molecule has 0 bridgehead atoms. The molecule has 0 saturated carbocycles. The number of hydrogen-bond donors (Lipinski definition) is 3. The van der Waals surface area contributed by atoms with Gasteiger partial charge in [0.25, 0.3) is 5.69 Å². The van der Waals surface area contributed by atoms with Gasteiger partial charge in [-0.3, -0.25) is 19.7 Å². The van der Waals surface area contributed by atoms with Crippen LogP contribution in [0.15, 0.2) is 24.3 Å². The number of nitrogens with one attached hydrogen (secondary N) is 1. The van der Waals surface area contributed by atoms with Crippen LogP contribution in [0.4, 0.5) is 10.5 Å². The second-order valence-electron chi connectivity index (χ2n) is 6.74. The number of nitro groups is 1. The number of nitrogens with zero attached hydrogens (tertiary/aromatic N) is 2. The molecule has 1 aliphatic heterocycles. The van der Waals surface area contributed by atoms with Gasteiger partial charge in [-0.15, -0.1) is 0 Å². The highest BCUT2D eigenvalue weighted by Crippen LogP contribution is 2.23. The second kappa shape index (κ2) is 11.4. The number of thioether (sulfide) groups is 1. The van der Waals surface area contributed by atoms with E-state index >= 15 is 0 Å². The molecule has 1 aliphatic rings. The summed E-state index contributed by atoms with van der Waals surface area (Å²) in [6.07, 6.45) is -0.609. The first kappa shape index (κ1) is 23.4. The Kier molecular flexibility index (Phi) is 8.87. The number of primary amides is 1. The summed E-state index contributed by atoms with van der Waals surface area (Å²) in [4.78, 5) is 46.2. The Hall–Kier alpha value is -2.86. The van der Waals surface area contributed by atoms with Crippen LogP contribution in [0, 0.1) is 10.1 Å². The standard InChI is InChI=1S/C18H24N4O7S/c19-16(24)8-20-17(25)5-6-30-11-14-7-15(23)9-21(14)18(26)29-10-12-1-3-13(4-2-12)22(27)28/h1-4,14-15,23H,5-11H2,(H2,19,24)(H,20,25)/t14-,15+/m0/s1. The van der Waals surface area contributed by atoms with Crippen LogP contribution in [0.25, 0.3) is 0 Å². The molecule has 0 spiro atoms. The minimum absolute atomic E-state index is 0.0384. The number of benzene rings is 1. The summed E-state index contributed by atoms with van der Waals surface area (Å²) in [6, 6.07) is 5.47. The van der Waals surface area contributed by atoms with Crippen molar-refractivity contribution in [1.29, 1.82) is 0 Å². The van der Waals surface area contributed by atoms with Crippen LogP contribution < -0.4 is 11.1 Å². The van der Waals surface area contributed by atoms with Crippen molar-refractivity contribution in [2.24, 2.45) is 5.73 Å². The first-order chi connectivity index (χ1) is 14.3. The molecule has 0 aliphatic carbocycles. The molecule has 2 rings (SSSR count). The van der Waals surface area contributed by atoms with E-state index in [9.17, 15) is 29.6 Å². The van der Waals surface area contributed by atoms with Gasteiger partial charge in [-0.25, -0.2) is 4.79 Å². The molecule has 1 saturated heterocycles. The summed E-state index contributed by atoms with van der Waals surface area (Å²) < 4.78 is 5.28. The second-order valence-corrected chi connectivity index (χ2v) is 7.89. The summed E-state index contributed by atoms with van der Waals surface area (Å²) >= 11 is 1.45. The number of ether oxygens (including phenoxy) is 1. The molecule has 0 radical (unpaired) electrons. The van der Waals surface area contributed by atoms with Gasteiger partial charge in [-0.05, 0) is 24.1 Å². The maximum Gasteiger partial charge on any atom is 0.410 e. The van der Waals surface area contributed by atoms with Gasteiger partial charge in [-0.2, -0.15) is 11.8 Å². The third-order valence-electron chi connectivity index (χ3n) is 4.38. The highest BCUT2D eigenvalue weighted by Gasteiger charge is 2.35. The fourth-order valence-corrected chi connectivity index (χ4v) is 3.96. The van der Waals surface area contributed by atoms with Gasteiger partial charge in [0, 0.05) is 36.1 Å². The maximum absolute atomic E-state index is 12.4. The van der Waals surface area contributed by atoms with Crippen molar-refractivity contribution in [3.63, 3.8) is 0 Å². The van der Waals surface area contributed by atoms with Gasteiger partial charge in [0.2, 0.25) is 11.8 Å². The van der Waals surface area contributed by atoms with Crippen LogP contribution in [0.2, 0.25) is 0 Å². The van der Waals surface area contributed by atoms with Gasteiger partial charge >= 0.3 is 6.09 Å². The fraction of sp³-hybridized carbons (Fsp3) is 0.500. The molecule has 1 heterocycles. The lowest BCUT2D eigenvalue weighted by Gasteiger charge is -2.23. The average molecular weight is 440 g/mol. The van der Waals surface area contributed by atoms with Crippen molar-refractivity contribution in [2.45, 2.75) is 31.6 Å². The molecule has 4 N–H and O–H groups in total. The summed E-state index contributed by atoms with van der Waals surface area (Å²) in [6.45, 7) is -0.0839. The summed E-state index contributed by atoms with van der Waals surface area (Å²) in [5, 5.41) is 23.0. The number of likely N-dealkylation sites (tertiary alicyclic amines) is 1. The summed E-state index contributed by atoms with van der Waals surface area (Å²) in [7, 11) is 0. The Morgan fingerprint density at radius 2 is 2.03 bits per heavy atom. The van der Waals surface area contributed by atoms with E-state index in [-0.39, 0.29) is 43.8 Å². The van der Waals surface area contributed by atoms with E-state index in [1.54, 1.807) is 0 Å². The molecule has 1 aromatic rings. The monoisotopic (exact) mass is 440 g/mol. The number of β-amino-alcohol motifs (C(OH)–C–C–N with tert-alkyl or cyclic N) is 1. The summed E-state index contributed by atoms with van der Waals surface area (Å²) in [5.74, 6) is 0.112. The van der Waals surface area contributed by atoms with E-state index in [4.69, 9.17) is 10.5 Å². The number of carbonyl (C=O) groups is 3. The molecule has 164 valence electrons. The normalized spacial score (nSPS) is 18.1. The molecule has 0 aromatic heterocycles. The Labute approximate surface area is 177 Å². The van der Waals surface area contributed by atoms with Gasteiger partial charge in [0.15, 0.2) is 0 Å². The van der Waals surface area contributed by atoms with Crippen molar-refractivity contribution in [1.82, 2.24) is 10.2 Å². The Bertz CT molecular complexity index is 774. The van der Waals surface area contributed by atoms with Crippen molar-refractivity contribution in [2.75, 3.05) is 24.6 Å². The summed E-state index contributed by atoms with van der Waals surface area (Å²) in [5.41, 5.74) is 5.52. The van der Waals surface area contributed by atoms with Gasteiger partial charge in [-0.1, -0.05) is 0 Å². The van der Waals surface area contributed by atoms with Crippen LogP contribution in [0.5, 0.6) is 0 Å². The zero-order chi connectivity index (χ0) is 22.1. The van der Waals surface area contributed by atoms with Crippen LogP contribution >= 0.6 is 11.8 Å². The quantitative estimate of drug-likeness (QED) is 0.267. The van der Waals surface area contributed by atoms with Crippen molar-refractivity contribution in [3.8, 4) is 0 Å². The predicted molar refractivity (Wildman–Crippen MR) is 109 cm³/mol. The number of aliphatic hydroxyl groups is 1. The van der Waals surface area contributed by atoms with E-state index in [1.807, 2.05) is 0 Å². The average Bonchev–Trinajstić information content (AvgIpc) is 3.08. The SMILES string of the molecule is NC(=O)CNC(=O)CCSC[C@@H]1C[C@@H](O)CN1C(=O)OCc1ccc([N+](=O)[O-])cc1. The molecule has 1 fully saturated rings. The number of aliphatic hydroxyl groups excluding tert-OH is 1. The van der Waals surface area contributed by atoms with E-state index in [0.717, 1.165) is 0 Å². The van der Waals surface area contributed by atoms with Gasteiger partial charge < -0.3 is 25.8 Å². The van der Waals surface area contributed by atoms with Crippen LogP contribution in [-0.2, 0) is 20.9 Å². The maximum atomic E-state index is 12.4. The molecule has 3 amide bonds. The number of nitrogens with two attached hydrogens (primary N) is 1. The predicted octanol–water partition coefficient (Wildman–Crippen LogP) is 0.391. The fourth-order valence-electron chi connectivity index (χ4n) is 2.87. The number of nitro benzene ring substituents is 1. The Morgan fingerprint density at radius 1 is 1.33 bits per heavy atom. The van der Waals surface area contributed by atoms with Crippen molar-refractivity contribution < 1.29 is 29.2 Å². The van der Waals surface area contributed by atoms with Gasteiger partial charge in [0.1, 0.15) is 6.61 Å². The molecule has 12 heteroatoms. The van der Waals surface area contributed by atoms with E-state index in [2.05, 4.69) is 5.32 Å². The Balaban J connectivity index is 1.76. The third kappa shape index (κ3) is 7.52. The highest BCUT2D eigenvalue weighted by molar-refractivity contribution is 7.99. The van der Waals surface area contributed by atoms with Crippen molar-refractivity contribution >= 4 is 35.4 Å². The van der Waals surface area contributed by atoms with Gasteiger partial charge in [0.05, 0.1) is 24.1 Å². The van der Waals surface area contributed by atoms with E-state index < -0.39 is 23.0 Å². The number of rotatable bonds is 10. The molecule has 2 atom stereocenters. The zero-order valence-corrected chi connectivity index (χ0v) is 17.0. The van der Waals surface area contributed by atoms with E-state index in [0.29, 0.717) is 23.5 Å². The Morgan fingerprint density at radius 3 is 2.67 bits per heavy atom. The first-order valence-electron chi connectivity index (χ1n) is 9.23.